The number of hydrogen-bond acceptors (Lipinski definition) is 5. The number of carbonyl (C=O) groups is 2. The molecule has 0 aliphatic heterocycles. The lowest BCUT2D eigenvalue weighted by Gasteiger charge is -2.50. The van der Waals surface area contributed by atoms with Gasteiger partial charge in [0.15, 0.2) is 5.92 Å². The molecule has 0 aromatic heterocycles. The van der Waals surface area contributed by atoms with Crippen LogP contribution in [0.25, 0.3) is 0 Å². The third-order valence-electron chi connectivity index (χ3n) is 5.10. The Labute approximate surface area is 156 Å². The van der Waals surface area contributed by atoms with Gasteiger partial charge in [-0.3, -0.25) is 9.59 Å². The molecule has 0 N–H and O–H groups in total. The fourth-order valence-corrected chi connectivity index (χ4v) is 4.10. The molecular weight excluding hydrogens is 330 g/mol. The van der Waals surface area contributed by atoms with Gasteiger partial charge in [0.1, 0.15) is 11.2 Å². The quantitative estimate of drug-likeness (QED) is 0.427. The van der Waals surface area contributed by atoms with Crippen molar-refractivity contribution < 1.29 is 19.1 Å². The lowest BCUT2D eigenvalue weighted by molar-refractivity contribution is -0.186. The highest BCUT2D eigenvalue weighted by Crippen LogP contribution is 2.62. The monoisotopic (exact) mass is 361 g/mol. The van der Waals surface area contributed by atoms with Crippen LogP contribution in [0, 0.1) is 34.5 Å². The molecule has 3 atom stereocenters. The fraction of sp³-hybridized carbons (Fsp3) is 0.762. The molecule has 0 saturated heterocycles. The summed E-state index contributed by atoms with van der Waals surface area (Å²) in [6, 6.07) is 2.32. The first-order valence-electron chi connectivity index (χ1n) is 9.39. The average Bonchev–Trinajstić information content (AvgIpc) is 2.78. The van der Waals surface area contributed by atoms with Crippen LogP contribution in [0.3, 0.4) is 0 Å². The van der Waals surface area contributed by atoms with Crippen molar-refractivity contribution in [1.82, 2.24) is 0 Å². The van der Waals surface area contributed by atoms with Gasteiger partial charge in [0.05, 0.1) is 11.5 Å². The van der Waals surface area contributed by atoms with Crippen molar-refractivity contribution in [2.75, 3.05) is 0 Å². The van der Waals surface area contributed by atoms with E-state index in [9.17, 15) is 14.9 Å². The second-order valence-corrected chi connectivity index (χ2v) is 9.52. The summed E-state index contributed by atoms with van der Waals surface area (Å²) in [5.41, 5.74) is -1.26. The SMILES string of the molecule is CCC1=CC2C(C1)CC2(C#N)C(C(=O)OC(C)(C)C)C(=O)OC(C)(C)C. The largest absolute Gasteiger partial charge is 0.459 e. The van der Waals surface area contributed by atoms with Crippen molar-refractivity contribution in [2.45, 2.75) is 78.9 Å². The molecule has 2 aliphatic rings. The Morgan fingerprint density at radius 3 is 2.08 bits per heavy atom. The summed E-state index contributed by atoms with van der Waals surface area (Å²) >= 11 is 0. The number of carbonyl (C=O) groups excluding carboxylic acids is 2. The zero-order chi connectivity index (χ0) is 19.9. The molecule has 5 nitrogen and oxygen atoms in total. The normalized spacial score (nSPS) is 27.9. The first kappa shape index (κ1) is 20.5. The summed E-state index contributed by atoms with van der Waals surface area (Å²) in [5.74, 6) is -2.31. The van der Waals surface area contributed by atoms with Gasteiger partial charge < -0.3 is 9.47 Å². The zero-order valence-corrected chi connectivity index (χ0v) is 17.0. The van der Waals surface area contributed by atoms with Gasteiger partial charge in [0.2, 0.25) is 0 Å². The van der Waals surface area contributed by atoms with Crippen molar-refractivity contribution in [3.8, 4) is 6.07 Å². The molecule has 0 bridgehead atoms. The molecule has 0 spiro atoms. The van der Waals surface area contributed by atoms with E-state index in [1.807, 2.05) is 0 Å². The predicted octanol–water partition coefficient (Wildman–Crippen LogP) is 4.17. The summed E-state index contributed by atoms with van der Waals surface area (Å²) in [4.78, 5) is 25.9. The van der Waals surface area contributed by atoms with E-state index in [2.05, 4.69) is 19.1 Å². The maximum absolute atomic E-state index is 12.9. The van der Waals surface area contributed by atoms with Gasteiger partial charge in [-0.1, -0.05) is 18.6 Å². The minimum absolute atomic E-state index is 0.0903. The molecule has 0 heterocycles. The Morgan fingerprint density at radius 1 is 1.19 bits per heavy atom. The molecule has 2 aliphatic carbocycles. The van der Waals surface area contributed by atoms with Crippen LogP contribution in [-0.2, 0) is 19.1 Å². The summed E-state index contributed by atoms with van der Waals surface area (Å²) in [5, 5.41) is 10.0. The van der Waals surface area contributed by atoms with Crippen LogP contribution in [0.5, 0.6) is 0 Å². The Bertz CT molecular complexity index is 631. The topological polar surface area (TPSA) is 76.4 Å². The van der Waals surface area contributed by atoms with E-state index < -0.39 is 34.5 Å². The van der Waals surface area contributed by atoms with E-state index in [-0.39, 0.29) is 5.92 Å². The van der Waals surface area contributed by atoms with Crippen molar-refractivity contribution >= 4 is 11.9 Å². The first-order chi connectivity index (χ1) is 11.8. The Hall–Kier alpha value is -1.83. The second-order valence-electron chi connectivity index (χ2n) is 9.52. The van der Waals surface area contributed by atoms with Crippen molar-refractivity contribution in [3.63, 3.8) is 0 Å². The standard InChI is InChI=1S/C21H31NO4/c1-8-13-9-14-11-21(12-22,15(14)10-13)16(17(23)25-19(2,3)4)18(24)26-20(5,6)7/h10,14-16H,8-9,11H2,1-7H3. The minimum atomic E-state index is -1.22. The van der Waals surface area contributed by atoms with E-state index in [0.29, 0.717) is 12.3 Å². The van der Waals surface area contributed by atoms with Crippen LogP contribution in [0.2, 0.25) is 0 Å². The molecule has 144 valence electrons. The summed E-state index contributed by atoms with van der Waals surface area (Å²) in [7, 11) is 0. The van der Waals surface area contributed by atoms with Crippen LogP contribution in [0.1, 0.15) is 67.7 Å². The lowest BCUT2D eigenvalue weighted by Crippen LogP contribution is -2.56. The number of ether oxygens (including phenoxy) is 2. The highest BCUT2D eigenvalue weighted by molar-refractivity contribution is 5.97. The Kier molecular flexibility index (Phi) is 5.29. The van der Waals surface area contributed by atoms with Gasteiger partial charge >= 0.3 is 11.9 Å². The number of rotatable bonds is 4. The van der Waals surface area contributed by atoms with Crippen LogP contribution in [-0.4, -0.2) is 23.1 Å². The number of nitriles is 1. The summed E-state index contributed by atoms with van der Waals surface area (Å²) in [6.07, 6.45) is 4.49. The third kappa shape index (κ3) is 3.95. The second kappa shape index (κ2) is 6.72. The number of allylic oxidation sites excluding steroid dienone is 2. The maximum atomic E-state index is 12.9. The molecule has 2 rings (SSSR count). The van der Waals surface area contributed by atoms with E-state index in [1.54, 1.807) is 41.5 Å². The van der Waals surface area contributed by atoms with Gasteiger partial charge in [-0.25, -0.2) is 0 Å². The lowest BCUT2D eigenvalue weighted by atomic mass is 9.50. The van der Waals surface area contributed by atoms with Gasteiger partial charge in [0, 0.05) is 5.92 Å². The molecule has 0 aromatic carbocycles. The number of fused-ring (bicyclic) bond motifs is 1. The van der Waals surface area contributed by atoms with Crippen LogP contribution in [0.15, 0.2) is 11.6 Å². The van der Waals surface area contributed by atoms with Crippen LogP contribution < -0.4 is 0 Å². The molecule has 0 amide bonds. The van der Waals surface area contributed by atoms with E-state index in [4.69, 9.17) is 9.47 Å². The van der Waals surface area contributed by atoms with Gasteiger partial charge in [-0.15, -0.1) is 0 Å². The zero-order valence-electron chi connectivity index (χ0n) is 17.0. The summed E-state index contributed by atoms with van der Waals surface area (Å²) < 4.78 is 11.0. The molecule has 5 heteroatoms. The van der Waals surface area contributed by atoms with Crippen molar-refractivity contribution in [1.29, 1.82) is 5.26 Å². The van der Waals surface area contributed by atoms with Gasteiger partial charge in [-0.2, -0.15) is 5.26 Å². The fourth-order valence-electron chi connectivity index (χ4n) is 4.10. The Balaban J connectivity index is 2.40. The Morgan fingerprint density at radius 2 is 1.69 bits per heavy atom. The number of esters is 2. The molecular formula is C21H31NO4. The first-order valence-corrected chi connectivity index (χ1v) is 9.39. The predicted molar refractivity (Wildman–Crippen MR) is 97.8 cm³/mol. The third-order valence-corrected chi connectivity index (χ3v) is 5.10. The van der Waals surface area contributed by atoms with Gasteiger partial charge in [0.25, 0.3) is 0 Å². The van der Waals surface area contributed by atoms with Crippen LogP contribution in [0.4, 0.5) is 0 Å². The van der Waals surface area contributed by atoms with E-state index >= 15 is 0 Å². The molecule has 3 unspecified atom stereocenters. The highest BCUT2D eigenvalue weighted by atomic mass is 16.6. The van der Waals surface area contributed by atoms with Crippen LogP contribution >= 0.6 is 0 Å². The summed E-state index contributed by atoms with van der Waals surface area (Å²) in [6.45, 7) is 12.6. The molecule has 0 radical (unpaired) electrons. The highest BCUT2D eigenvalue weighted by Gasteiger charge is 2.65. The smallest absolute Gasteiger partial charge is 0.322 e. The molecule has 26 heavy (non-hydrogen) atoms. The van der Waals surface area contributed by atoms with E-state index in [0.717, 1.165) is 12.8 Å². The number of nitrogens with zero attached hydrogens (tertiary/aromatic N) is 1. The number of hydrogen-bond donors (Lipinski definition) is 0. The van der Waals surface area contributed by atoms with Crippen molar-refractivity contribution in [2.24, 2.45) is 23.2 Å². The molecule has 0 aromatic rings. The minimum Gasteiger partial charge on any atom is -0.459 e. The van der Waals surface area contributed by atoms with E-state index in [1.165, 1.54) is 5.57 Å². The maximum Gasteiger partial charge on any atom is 0.322 e. The molecule has 1 fully saturated rings. The average molecular weight is 361 g/mol. The van der Waals surface area contributed by atoms with Crippen molar-refractivity contribution in [3.05, 3.63) is 11.6 Å². The van der Waals surface area contributed by atoms with Gasteiger partial charge in [-0.05, 0) is 66.7 Å². The molecule has 1 saturated carbocycles.